The van der Waals surface area contributed by atoms with Gasteiger partial charge in [-0.05, 0) is 12.1 Å². The van der Waals surface area contributed by atoms with Crippen LogP contribution in [0.5, 0.6) is 0 Å². The molecule has 0 saturated carbocycles. The molecule has 0 atom stereocenters. The number of hydrogen-bond donors (Lipinski definition) is 3. The van der Waals surface area contributed by atoms with E-state index in [4.69, 9.17) is 5.11 Å². The number of aromatic nitrogens is 1. The van der Waals surface area contributed by atoms with E-state index in [2.05, 4.69) is 22.1 Å². The van der Waals surface area contributed by atoms with Gasteiger partial charge in [-0.2, -0.15) is 0 Å². The average molecular weight is 268 g/mol. The molecule has 2 rings (SSSR count). The van der Waals surface area contributed by atoms with Crippen LogP contribution < -0.4 is 10.7 Å². The van der Waals surface area contributed by atoms with Crippen molar-refractivity contribution in [1.29, 1.82) is 0 Å². The molecule has 0 radical (unpaired) electrons. The molecule has 0 bridgehead atoms. The Morgan fingerprint density at radius 1 is 1.30 bits per heavy atom. The van der Waals surface area contributed by atoms with Crippen molar-refractivity contribution in [3.63, 3.8) is 0 Å². The maximum absolute atomic E-state index is 12.0. The first kappa shape index (κ1) is 13.6. The summed E-state index contributed by atoms with van der Waals surface area (Å²) >= 11 is 0. The van der Waals surface area contributed by atoms with Gasteiger partial charge in [-0.15, -0.1) is 0 Å². The summed E-state index contributed by atoms with van der Waals surface area (Å²) in [6, 6.07) is 8.19. The van der Waals surface area contributed by atoms with Crippen LogP contribution in [0.3, 0.4) is 0 Å². The van der Waals surface area contributed by atoms with Crippen LogP contribution in [0.2, 0.25) is 0 Å². The SMILES string of the molecule is O=C(Nc1ccccc1C#CCO)c1c[nH]ccc1=O. The van der Waals surface area contributed by atoms with E-state index in [1.165, 1.54) is 18.5 Å². The quantitative estimate of drug-likeness (QED) is 0.710. The molecule has 1 aromatic heterocycles. The van der Waals surface area contributed by atoms with Crippen molar-refractivity contribution < 1.29 is 9.90 Å². The fourth-order valence-corrected chi connectivity index (χ4v) is 1.62. The molecule has 1 heterocycles. The highest BCUT2D eigenvalue weighted by Crippen LogP contribution is 2.14. The van der Waals surface area contributed by atoms with Gasteiger partial charge in [0, 0.05) is 24.0 Å². The van der Waals surface area contributed by atoms with Crippen molar-refractivity contribution in [1.82, 2.24) is 4.98 Å². The number of aliphatic hydroxyl groups is 1. The van der Waals surface area contributed by atoms with E-state index in [0.29, 0.717) is 11.3 Å². The molecular formula is C15H12N2O3. The molecule has 1 amide bonds. The summed E-state index contributed by atoms with van der Waals surface area (Å²) in [4.78, 5) is 26.3. The number of nitrogens with one attached hydrogen (secondary N) is 2. The summed E-state index contributed by atoms with van der Waals surface area (Å²) in [5.74, 6) is 4.74. The summed E-state index contributed by atoms with van der Waals surface area (Å²) in [5, 5.41) is 11.3. The number of H-pyrrole nitrogens is 1. The number of para-hydroxylation sites is 1. The Balaban J connectivity index is 2.29. The van der Waals surface area contributed by atoms with Crippen LogP contribution in [-0.4, -0.2) is 22.6 Å². The van der Waals surface area contributed by atoms with E-state index in [0.717, 1.165) is 0 Å². The highest BCUT2D eigenvalue weighted by Gasteiger charge is 2.11. The number of aromatic amines is 1. The van der Waals surface area contributed by atoms with E-state index >= 15 is 0 Å². The molecule has 0 aliphatic heterocycles. The molecule has 5 heteroatoms. The van der Waals surface area contributed by atoms with Gasteiger partial charge in [-0.25, -0.2) is 0 Å². The summed E-state index contributed by atoms with van der Waals surface area (Å²) in [6.07, 6.45) is 2.81. The van der Waals surface area contributed by atoms with Crippen molar-refractivity contribution in [3.05, 3.63) is 64.1 Å². The topological polar surface area (TPSA) is 82.2 Å². The molecule has 0 unspecified atom stereocenters. The second kappa shape index (κ2) is 6.36. The third-order valence-electron chi connectivity index (χ3n) is 2.55. The molecule has 3 N–H and O–H groups in total. The molecule has 5 nitrogen and oxygen atoms in total. The third kappa shape index (κ3) is 3.13. The first-order chi connectivity index (χ1) is 9.72. The van der Waals surface area contributed by atoms with Crippen LogP contribution in [0.1, 0.15) is 15.9 Å². The Kier molecular flexibility index (Phi) is 4.32. The zero-order valence-electron chi connectivity index (χ0n) is 10.5. The van der Waals surface area contributed by atoms with Gasteiger partial charge in [-0.1, -0.05) is 24.0 Å². The zero-order valence-corrected chi connectivity index (χ0v) is 10.5. The first-order valence-electron chi connectivity index (χ1n) is 5.89. The smallest absolute Gasteiger partial charge is 0.261 e. The zero-order chi connectivity index (χ0) is 14.4. The van der Waals surface area contributed by atoms with Gasteiger partial charge in [0.15, 0.2) is 5.43 Å². The second-order valence-corrected chi connectivity index (χ2v) is 3.88. The number of pyridine rings is 1. The van der Waals surface area contributed by atoms with E-state index in [1.54, 1.807) is 24.3 Å². The monoisotopic (exact) mass is 268 g/mol. The van der Waals surface area contributed by atoms with E-state index < -0.39 is 5.91 Å². The number of amides is 1. The Morgan fingerprint density at radius 3 is 2.85 bits per heavy atom. The van der Waals surface area contributed by atoms with Crippen molar-refractivity contribution >= 4 is 11.6 Å². The Bertz CT molecular complexity index is 738. The van der Waals surface area contributed by atoms with Crippen molar-refractivity contribution in [2.45, 2.75) is 0 Å². The number of benzene rings is 1. The molecule has 100 valence electrons. The maximum atomic E-state index is 12.0. The van der Waals surface area contributed by atoms with Crippen LogP contribution in [0, 0.1) is 11.8 Å². The lowest BCUT2D eigenvalue weighted by molar-refractivity contribution is 0.102. The summed E-state index contributed by atoms with van der Waals surface area (Å²) < 4.78 is 0. The molecule has 2 aromatic rings. The Labute approximate surface area is 115 Å². The van der Waals surface area contributed by atoms with Crippen LogP contribution in [-0.2, 0) is 0 Å². The van der Waals surface area contributed by atoms with Crippen molar-refractivity contribution in [2.75, 3.05) is 11.9 Å². The Morgan fingerprint density at radius 2 is 2.10 bits per heavy atom. The molecule has 1 aromatic carbocycles. The van der Waals surface area contributed by atoms with E-state index in [1.807, 2.05) is 0 Å². The highest BCUT2D eigenvalue weighted by molar-refractivity contribution is 6.04. The molecular weight excluding hydrogens is 256 g/mol. The number of carbonyl (C=O) groups is 1. The lowest BCUT2D eigenvalue weighted by Crippen LogP contribution is -2.21. The number of rotatable bonds is 2. The van der Waals surface area contributed by atoms with Gasteiger partial charge in [0.05, 0.1) is 5.69 Å². The standard InChI is InChI=1S/C15H12N2O3/c18-9-3-5-11-4-1-2-6-13(11)17-15(20)12-10-16-8-7-14(12)19/h1-2,4,6-8,10,18H,9H2,(H,16,19)(H,17,20). The number of aliphatic hydroxyl groups excluding tert-OH is 1. The van der Waals surface area contributed by atoms with Gasteiger partial charge in [0.2, 0.25) is 0 Å². The maximum Gasteiger partial charge on any atom is 0.261 e. The van der Waals surface area contributed by atoms with Crippen molar-refractivity contribution in [2.24, 2.45) is 0 Å². The lowest BCUT2D eigenvalue weighted by Gasteiger charge is -2.06. The normalized spacial score (nSPS) is 9.45. The second-order valence-electron chi connectivity index (χ2n) is 3.88. The summed E-state index contributed by atoms with van der Waals surface area (Å²) in [5.41, 5.74) is 0.724. The fourth-order valence-electron chi connectivity index (χ4n) is 1.62. The predicted molar refractivity (Wildman–Crippen MR) is 75.4 cm³/mol. The highest BCUT2D eigenvalue weighted by atomic mass is 16.2. The van der Waals surface area contributed by atoms with Crippen LogP contribution >= 0.6 is 0 Å². The molecule has 0 aliphatic carbocycles. The van der Waals surface area contributed by atoms with E-state index in [-0.39, 0.29) is 17.6 Å². The minimum Gasteiger partial charge on any atom is -0.384 e. The van der Waals surface area contributed by atoms with Crippen molar-refractivity contribution in [3.8, 4) is 11.8 Å². The van der Waals surface area contributed by atoms with Crippen LogP contribution in [0.25, 0.3) is 0 Å². The molecule has 0 aliphatic rings. The molecule has 20 heavy (non-hydrogen) atoms. The lowest BCUT2D eigenvalue weighted by atomic mass is 10.1. The largest absolute Gasteiger partial charge is 0.384 e. The minimum atomic E-state index is -0.509. The number of hydrogen-bond acceptors (Lipinski definition) is 3. The Hall–Kier alpha value is -2.84. The first-order valence-corrected chi connectivity index (χ1v) is 5.89. The summed E-state index contributed by atoms with van der Waals surface area (Å²) in [7, 11) is 0. The van der Waals surface area contributed by atoms with Gasteiger partial charge in [-0.3, -0.25) is 9.59 Å². The van der Waals surface area contributed by atoms with Crippen LogP contribution in [0.15, 0.2) is 47.5 Å². The third-order valence-corrected chi connectivity index (χ3v) is 2.55. The predicted octanol–water partition coefficient (Wildman–Crippen LogP) is 0.971. The van der Waals surface area contributed by atoms with Gasteiger partial charge in [0.1, 0.15) is 12.2 Å². The van der Waals surface area contributed by atoms with Gasteiger partial charge >= 0.3 is 0 Å². The number of carbonyl (C=O) groups excluding carboxylic acids is 1. The minimum absolute atomic E-state index is 0.0254. The fraction of sp³-hybridized carbons (Fsp3) is 0.0667. The number of anilines is 1. The van der Waals surface area contributed by atoms with E-state index in [9.17, 15) is 9.59 Å². The molecule has 0 saturated heterocycles. The average Bonchev–Trinajstić information content (AvgIpc) is 2.46. The molecule has 0 spiro atoms. The van der Waals surface area contributed by atoms with Crippen LogP contribution in [0.4, 0.5) is 5.69 Å². The van der Waals surface area contributed by atoms with Gasteiger partial charge in [0.25, 0.3) is 5.91 Å². The van der Waals surface area contributed by atoms with Gasteiger partial charge < -0.3 is 15.4 Å². The summed E-state index contributed by atoms with van der Waals surface area (Å²) in [6.45, 7) is -0.263. The molecule has 0 fully saturated rings.